The largest absolute Gasteiger partial charge is 0.170 e. The van der Waals surface area contributed by atoms with Gasteiger partial charge in [0.15, 0.2) is 16.2 Å². The summed E-state index contributed by atoms with van der Waals surface area (Å²) in [6, 6.07) is 2.14. The zero-order valence-electron chi connectivity index (χ0n) is 5.24. The maximum Gasteiger partial charge on any atom is 0.159 e. The van der Waals surface area contributed by atoms with Gasteiger partial charge in [0, 0.05) is 0 Å². The molecule has 0 bridgehead atoms. The van der Waals surface area contributed by atoms with Crippen LogP contribution in [0.3, 0.4) is 0 Å². The van der Waals surface area contributed by atoms with Crippen LogP contribution in [0.15, 0.2) is 0 Å². The normalized spacial score (nSPS) is 49.2. The third kappa shape index (κ3) is 2.05. The SMILES string of the molecule is ClC1C(Cl)[SiH](Cl)CC[SiH]1Cl. The molecule has 0 saturated carbocycles. The van der Waals surface area contributed by atoms with Crippen molar-refractivity contribution in [2.75, 3.05) is 0 Å². The van der Waals surface area contributed by atoms with Gasteiger partial charge < -0.3 is 0 Å². The standard InChI is InChI=1S/C4H8Cl4Si2/c5-3-4(6)10(8)2-1-9(3)7/h3-4,9-10H,1-2H2. The van der Waals surface area contributed by atoms with Crippen molar-refractivity contribution in [2.45, 2.75) is 22.1 Å². The smallest absolute Gasteiger partial charge is 0.159 e. The molecule has 1 rings (SSSR count). The second kappa shape index (κ2) is 4.01. The average molecular weight is 254 g/mol. The molecule has 1 fully saturated rings. The van der Waals surface area contributed by atoms with Crippen molar-refractivity contribution in [3.8, 4) is 0 Å². The van der Waals surface area contributed by atoms with Gasteiger partial charge in [0.25, 0.3) is 0 Å². The average Bonchev–Trinajstić information content (AvgIpc) is 1.93. The molecular formula is C4H8Cl4Si2. The highest BCUT2D eigenvalue weighted by Crippen LogP contribution is 2.30. The minimum atomic E-state index is -1.23. The van der Waals surface area contributed by atoms with Crippen LogP contribution < -0.4 is 0 Å². The second-order valence-corrected chi connectivity index (χ2v) is 12.4. The van der Waals surface area contributed by atoms with Gasteiger partial charge in [-0.1, -0.05) is 0 Å². The van der Waals surface area contributed by atoms with Crippen LogP contribution in [-0.2, 0) is 0 Å². The maximum atomic E-state index is 6.01. The first-order valence-corrected chi connectivity index (χ1v) is 10.5. The maximum absolute atomic E-state index is 6.01. The van der Waals surface area contributed by atoms with E-state index in [2.05, 4.69) is 0 Å². The Bertz CT molecular complexity index is 108. The topological polar surface area (TPSA) is 0 Å². The number of alkyl halides is 2. The molecule has 1 saturated heterocycles. The number of rotatable bonds is 0. The Labute approximate surface area is 83.4 Å². The van der Waals surface area contributed by atoms with E-state index < -0.39 is 16.2 Å². The van der Waals surface area contributed by atoms with Gasteiger partial charge in [-0.25, -0.2) is 0 Å². The van der Waals surface area contributed by atoms with E-state index in [1.165, 1.54) is 0 Å². The van der Waals surface area contributed by atoms with Gasteiger partial charge in [-0.05, 0) is 12.1 Å². The quantitative estimate of drug-likeness (QED) is 0.353. The first-order chi connectivity index (χ1) is 4.63. The first-order valence-electron chi connectivity index (χ1n) is 3.19. The first kappa shape index (κ1) is 9.68. The van der Waals surface area contributed by atoms with Crippen molar-refractivity contribution < 1.29 is 0 Å². The molecule has 0 aromatic heterocycles. The Morgan fingerprint density at radius 2 is 1.20 bits per heavy atom. The lowest BCUT2D eigenvalue weighted by Crippen LogP contribution is -2.42. The molecule has 0 aliphatic carbocycles. The van der Waals surface area contributed by atoms with Crippen LogP contribution in [0.2, 0.25) is 12.1 Å². The number of hydrogen-bond acceptors (Lipinski definition) is 0. The zero-order chi connectivity index (χ0) is 7.72. The molecule has 0 amide bonds. The highest BCUT2D eigenvalue weighted by molar-refractivity contribution is 7.18. The molecule has 10 heavy (non-hydrogen) atoms. The van der Waals surface area contributed by atoms with Crippen LogP contribution in [0.4, 0.5) is 0 Å². The fourth-order valence-corrected chi connectivity index (χ4v) is 12.9. The Kier molecular flexibility index (Phi) is 3.88. The Balaban J connectivity index is 2.52. The van der Waals surface area contributed by atoms with Crippen molar-refractivity contribution in [2.24, 2.45) is 0 Å². The van der Waals surface area contributed by atoms with Crippen molar-refractivity contribution in [1.82, 2.24) is 0 Å². The van der Waals surface area contributed by atoms with Crippen LogP contribution in [0.5, 0.6) is 0 Å². The molecule has 0 N–H and O–H groups in total. The van der Waals surface area contributed by atoms with Gasteiger partial charge in [-0.3, -0.25) is 0 Å². The second-order valence-electron chi connectivity index (χ2n) is 2.50. The Morgan fingerprint density at radius 3 is 1.50 bits per heavy atom. The molecule has 0 nitrogen and oxygen atoms in total. The molecule has 0 aromatic rings. The molecular weight excluding hydrogens is 246 g/mol. The van der Waals surface area contributed by atoms with E-state index >= 15 is 0 Å². The van der Waals surface area contributed by atoms with Crippen molar-refractivity contribution in [3.63, 3.8) is 0 Å². The molecule has 1 heterocycles. The van der Waals surface area contributed by atoms with Crippen molar-refractivity contribution >= 4 is 61.6 Å². The molecule has 4 unspecified atom stereocenters. The van der Waals surface area contributed by atoms with E-state index in [-0.39, 0.29) is 10.0 Å². The van der Waals surface area contributed by atoms with Crippen LogP contribution in [-0.4, -0.2) is 26.2 Å². The van der Waals surface area contributed by atoms with Crippen LogP contribution in [0, 0.1) is 0 Å². The van der Waals surface area contributed by atoms with E-state index in [0.29, 0.717) is 0 Å². The van der Waals surface area contributed by atoms with Crippen LogP contribution in [0.25, 0.3) is 0 Å². The van der Waals surface area contributed by atoms with E-state index in [4.69, 9.17) is 45.4 Å². The third-order valence-corrected chi connectivity index (χ3v) is 13.5. The highest BCUT2D eigenvalue weighted by atomic mass is 35.6. The lowest BCUT2D eigenvalue weighted by atomic mass is 10.9. The minimum absolute atomic E-state index is 0.0197. The summed E-state index contributed by atoms with van der Waals surface area (Å²) in [6.07, 6.45) is 0. The summed E-state index contributed by atoms with van der Waals surface area (Å²) in [5.74, 6) is 0. The monoisotopic (exact) mass is 252 g/mol. The Hall–Kier alpha value is 1.59. The zero-order valence-corrected chi connectivity index (χ0v) is 10.6. The number of halogens is 4. The van der Waals surface area contributed by atoms with Gasteiger partial charge in [0.1, 0.15) is 0 Å². The predicted molar refractivity (Wildman–Crippen MR) is 54.9 cm³/mol. The molecule has 0 spiro atoms. The van der Waals surface area contributed by atoms with Crippen LogP contribution >= 0.6 is 45.4 Å². The van der Waals surface area contributed by atoms with E-state index in [1.54, 1.807) is 0 Å². The van der Waals surface area contributed by atoms with Gasteiger partial charge in [-0.2, -0.15) is 22.2 Å². The highest BCUT2D eigenvalue weighted by Gasteiger charge is 2.37. The summed E-state index contributed by atoms with van der Waals surface area (Å²) in [5.41, 5.74) is 0. The fraction of sp³-hybridized carbons (Fsp3) is 1.00. The summed E-state index contributed by atoms with van der Waals surface area (Å²) in [5, 5.41) is 0.0394. The van der Waals surface area contributed by atoms with E-state index in [0.717, 1.165) is 12.1 Å². The minimum Gasteiger partial charge on any atom is -0.170 e. The van der Waals surface area contributed by atoms with Gasteiger partial charge >= 0.3 is 0 Å². The van der Waals surface area contributed by atoms with E-state index in [1.807, 2.05) is 0 Å². The summed E-state index contributed by atoms with van der Waals surface area (Å²) >= 11 is 23.9. The molecule has 4 atom stereocenters. The lowest BCUT2D eigenvalue weighted by molar-refractivity contribution is 1.14. The summed E-state index contributed by atoms with van der Waals surface area (Å²) in [4.78, 5) is 0. The van der Waals surface area contributed by atoms with Gasteiger partial charge in [-0.15, -0.1) is 23.2 Å². The summed E-state index contributed by atoms with van der Waals surface area (Å²) in [6.45, 7) is 0. The van der Waals surface area contributed by atoms with Gasteiger partial charge in [0.05, 0.1) is 10.0 Å². The molecule has 1 aliphatic heterocycles. The third-order valence-electron chi connectivity index (χ3n) is 1.71. The fourth-order valence-electron chi connectivity index (χ4n) is 1.04. The Morgan fingerprint density at radius 1 is 0.900 bits per heavy atom. The lowest BCUT2D eigenvalue weighted by Gasteiger charge is -2.28. The molecule has 0 radical (unpaired) electrons. The van der Waals surface area contributed by atoms with Crippen molar-refractivity contribution in [3.05, 3.63) is 0 Å². The predicted octanol–water partition coefficient (Wildman–Crippen LogP) is 2.22. The molecule has 0 aromatic carbocycles. The molecule has 60 valence electrons. The van der Waals surface area contributed by atoms with Crippen molar-refractivity contribution in [1.29, 1.82) is 0 Å². The molecule has 1 aliphatic rings. The van der Waals surface area contributed by atoms with E-state index in [9.17, 15) is 0 Å². The molecule has 6 heteroatoms. The van der Waals surface area contributed by atoms with Crippen LogP contribution in [0.1, 0.15) is 0 Å². The number of hydrogen-bond donors (Lipinski definition) is 0. The van der Waals surface area contributed by atoms with Gasteiger partial charge in [0.2, 0.25) is 0 Å². The summed E-state index contributed by atoms with van der Waals surface area (Å²) in [7, 11) is -2.46. The summed E-state index contributed by atoms with van der Waals surface area (Å²) < 4.78 is 0.